The molecule has 0 bridgehead atoms. The van der Waals surface area contributed by atoms with Gasteiger partial charge in [-0.15, -0.1) is 0 Å². The summed E-state index contributed by atoms with van der Waals surface area (Å²) in [6.45, 7) is 7.21. The van der Waals surface area contributed by atoms with Gasteiger partial charge in [0.25, 0.3) is 5.78 Å². The highest BCUT2D eigenvalue weighted by Gasteiger charge is 2.48. The van der Waals surface area contributed by atoms with Crippen molar-refractivity contribution in [1.82, 2.24) is 4.98 Å². The highest BCUT2D eigenvalue weighted by molar-refractivity contribution is 7.22. The number of rotatable bonds is 9. The molecule has 1 fully saturated rings. The number of halogens is 1. The zero-order valence-corrected chi connectivity index (χ0v) is 24.0. The van der Waals surface area contributed by atoms with E-state index in [-0.39, 0.29) is 11.3 Å². The molecule has 0 aliphatic carbocycles. The third-order valence-corrected chi connectivity index (χ3v) is 7.83. The summed E-state index contributed by atoms with van der Waals surface area (Å²) in [6.07, 6.45) is 0.884. The number of aliphatic hydroxyl groups is 1. The summed E-state index contributed by atoms with van der Waals surface area (Å²) >= 11 is 7.33. The van der Waals surface area contributed by atoms with Crippen molar-refractivity contribution in [3.63, 3.8) is 0 Å². The van der Waals surface area contributed by atoms with E-state index in [1.54, 1.807) is 30.3 Å². The van der Waals surface area contributed by atoms with E-state index in [0.717, 1.165) is 11.1 Å². The van der Waals surface area contributed by atoms with Gasteiger partial charge in [0.05, 0.1) is 35.0 Å². The van der Waals surface area contributed by atoms with Crippen LogP contribution in [-0.4, -0.2) is 35.0 Å². The van der Waals surface area contributed by atoms with E-state index >= 15 is 0 Å². The number of Topliss-reactive ketones (excluding diaryl/α,β-unsaturated/α-hetero) is 1. The number of benzene rings is 3. The molecule has 0 saturated carbocycles. The number of ether oxygens (including phenoxy) is 2. The maximum atomic E-state index is 13.6. The van der Waals surface area contributed by atoms with Gasteiger partial charge in [-0.25, -0.2) is 4.98 Å². The molecule has 206 valence electrons. The second-order valence-corrected chi connectivity index (χ2v) is 11.3. The van der Waals surface area contributed by atoms with Gasteiger partial charge in [-0.1, -0.05) is 48.9 Å². The summed E-state index contributed by atoms with van der Waals surface area (Å²) in [5.41, 5.74) is 1.64. The summed E-state index contributed by atoms with van der Waals surface area (Å²) in [5.74, 6) is -0.0578. The van der Waals surface area contributed by atoms with Crippen molar-refractivity contribution in [2.24, 2.45) is 5.92 Å². The number of nitrogens with zero attached hydrogens (tertiary/aromatic N) is 2. The minimum Gasteiger partial charge on any atom is -0.507 e. The lowest BCUT2D eigenvalue weighted by Crippen LogP contribution is -2.29. The number of fused-ring (bicyclic) bond motifs is 1. The first-order chi connectivity index (χ1) is 19.3. The Hall–Kier alpha value is -3.88. The molecule has 0 spiro atoms. The van der Waals surface area contributed by atoms with Crippen LogP contribution in [0.15, 0.2) is 72.3 Å². The lowest BCUT2D eigenvalue weighted by Gasteiger charge is -2.23. The number of aliphatic hydroxyl groups excluding tert-OH is 1. The van der Waals surface area contributed by atoms with Crippen LogP contribution < -0.4 is 14.4 Å². The molecule has 4 aromatic rings. The van der Waals surface area contributed by atoms with E-state index in [1.807, 2.05) is 43.3 Å². The highest BCUT2D eigenvalue weighted by Crippen LogP contribution is 2.45. The number of carbonyl (C=O) groups excluding carboxylic acids is 2. The third kappa shape index (κ3) is 5.55. The first kappa shape index (κ1) is 27.7. The van der Waals surface area contributed by atoms with E-state index in [1.165, 1.54) is 16.2 Å². The molecule has 40 heavy (non-hydrogen) atoms. The van der Waals surface area contributed by atoms with Crippen molar-refractivity contribution >= 4 is 55.7 Å². The second kappa shape index (κ2) is 11.7. The largest absolute Gasteiger partial charge is 0.507 e. The quantitative estimate of drug-likeness (QED) is 0.127. The standard InChI is InChI=1S/C31H29ClN2O5S/c1-4-38-23-12-13-24-25(17-23)40-31(33-24)34-27(20-6-5-7-22(16-20)39-15-14-18(2)3)26(29(36)30(34)37)28(35)19-8-10-21(32)11-9-19/h5-13,16-18,27,35H,4,14-15H2,1-3H3/b28-26+. The number of thiazole rings is 1. The van der Waals surface area contributed by atoms with Crippen LogP contribution in [-0.2, 0) is 9.59 Å². The van der Waals surface area contributed by atoms with E-state index in [2.05, 4.69) is 18.8 Å². The third-order valence-electron chi connectivity index (χ3n) is 6.57. The Morgan fingerprint density at radius 1 is 1.05 bits per heavy atom. The SMILES string of the molecule is CCOc1ccc2nc(N3C(=O)C(=O)/C(=C(/O)c4ccc(Cl)cc4)C3c3cccc(OCCC(C)C)c3)sc2c1. The first-order valence-corrected chi connectivity index (χ1v) is 14.3. The van der Waals surface area contributed by atoms with Gasteiger partial charge in [0.2, 0.25) is 0 Å². The smallest absolute Gasteiger partial charge is 0.301 e. The van der Waals surface area contributed by atoms with Crippen molar-refractivity contribution in [3.8, 4) is 11.5 Å². The van der Waals surface area contributed by atoms with Crippen molar-refractivity contribution in [2.75, 3.05) is 18.1 Å². The van der Waals surface area contributed by atoms with Crippen LogP contribution >= 0.6 is 22.9 Å². The predicted molar refractivity (Wildman–Crippen MR) is 158 cm³/mol. The summed E-state index contributed by atoms with van der Waals surface area (Å²) in [7, 11) is 0. The number of ketones is 1. The molecule has 1 aromatic heterocycles. The molecule has 1 aliphatic heterocycles. The molecule has 5 rings (SSSR count). The fourth-order valence-corrected chi connectivity index (χ4v) is 5.69. The first-order valence-electron chi connectivity index (χ1n) is 13.1. The molecule has 7 nitrogen and oxygen atoms in total. The summed E-state index contributed by atoms with van der Waals surface area (Å²) < 4.78 is 12.4. The number of hydrogen-bond acceptors (Lipinski definition) is 7. The van der Waals surface area contributed by atoms with Gasteiger partial charge in [-0.05, 0) is 79.4 Å². The van der Waals surface area contributed by atoms with E-state index in [4.69, 9.17) is 21.1 Å². The van der Waals surface area contributed by atoms with Crippen LogP contribution in [0.1, 0.15) is 44.4 Å². The Bertz CT molecular complexity index is 1600. The Kier molecular flexibility index (Phi) is 8.09. The van der Waals surface area contributed by atoms with E-state index in [9.17, 15) is 14.7 Å². The number of amides is 1. The van der Waals surface area contributed by atoms with Crippen LogP contribution in [0, 0.1) is 5.92 Å². The summed E-state index contributed by atoms with van der Waals surface area (Å²) in [4.78, 5) is 33.2. The average molecular weight is 577 g/mol. The Morgan fingerprint density at radius 3 is 2.52 bits per heavy atom. The van der Waals surface area contributed by atoms with Gasteiger partial charge in [0.15, 0.2) is 5.13 Å². The number of hydrogen-bond donors (Lipinski definition) is 1. The second-order valence-electron chi connectivity index (χ2n) is 9.84. The predicted octanol–water partition coefficient (Wildman–Crippen LogP) is 7.40. The van der Waals surface area contributed by atoms with Crippen molar-refractivity contribution in [1.29, 1.82) is 0 Å². The van der Waals surface area contributed by atoms with Gasteiger partial charge in [-0.3, -0.25) is 14.5 Å². The molecular formula is C31H29ClN2O5S. The lowest BCUT2D eigenvalue weighted by atomic mass is 9.95. The summed E-state index contributed by atoms with van der Waals surface area (Å²) in [5, 5.41) is 12.2. The average Bonchev–Trinajstić information content (AvgIpc) is 3.46. The molecule has 2 heterocycles. The molecule has 9 heteroatoms. The van der Waals surface area contributed by atoms with Gasteiger partial charge >= 0.3 is 5.91 Å². The van der Waals surface area contributed by atoms with Crippen LogP contribution in [0.2, 0.25) is 5.02 Å². The number of anilines is 1. The van der Waals surface area contributed by atoms with Crippen LogP contribution in [0.25, 0.3) is 16.0 Å². The molecular weight excluding hydrogens is 548 g/mol. The molecule has 1 unspecified atom stereocenters. The molecule has 1 amide bonds. The zero-order chi connectivity index (χ0) is 28.4. The Morgan fingerprint density at radius 2 is 1.80 bits per heavy atom. The fraction of sp³-hybridized carbons (Fsp3) is 0.258. The van der Waals surface area contributed by atoms with Crippen molar-refractivity contribution in [3.05, 3.63) is 88.5 Å². The molecule has 1 saturated heterocycles. The normalized spacial score (nSPS) is 16.7. The van der Waals surface area contributed by atoms with Crippen molar-refractivity contribution < 1.29 is 24.2 Å². The van der Waals surface area contributed by atoms with Crippen LogP contribution in [0.3, 0.4) is 0 Å². The highest BCUT2D eigenvalue weighted by atomic mass is 35.5. The molecule has 1 atom stereocenters. The fourth-order valence-electron chi connectivity index (χ4n) is 4.55. The lowest BCUT2D eigenvalue weighted by molar-refractivity contribution is -0.132. The van der Waals surface area contributed by atoms with Gasteiger partial charge in [0.1, 0.15) is 17.3 Å². The minimum absolute atomic E-state index is 0.0269. The summed E-state index contributed by atoms with van der Waals surface area (Å²) in [6, 6.07) is 18.3. The van der Waals surface area contributed by atoms with Gasteiger partial charge in [-0.2, -0.15) is 0 Å². The van der Waals surface area contributed by atoms with Crippen molar-refractivity contribution in [2.45, 2.75) is 33.2 Å². The van der Waals surface area contributed by atoms with Crippen LogP contribution in [0.5, 0.6) is 11.5 Å². The molecule has 1 aliphatic rings. The number of carbonyl (C=O) groups is 2. The molecule has 1 N–H and O–H groups in total. The van der Waals surface area contributed by atoms with Gasteiger partial charge < -0.3 is 14.6 Å². The Balaban J connectivity index is 1.64. The Labute approximate surface area is 241 Å². The minimum atomic E-state index is -0.920. The topological polar surface area (TPSA) is 89.0 Å². The monoisotopic (exact) mass is 576 g/mol. The molecule has 3 aromatic carbocycles. The number of aromatic nitrogens is 1. The van der Waals surface area contributed by atoms with Crippen LogP contribution in [0.4, 0.5) is 5.13 Å². The van der Waals surface area contributed by atoms with E-state index in [0.29, 0.717) is 57.4 Å². The van der Waals surface area contributed by atoms with E-state index < -0.39 is 17.7 Å². The zero-order valence-electron chi connectivity index (χ0n) is 22.4. The maximum Gasteiger partial charge on any atom is 0.301 e. The van der Waals surface area contributed by atoms with Gasteiger partial charge in [0, 0.05) is 10.6 Å². The molecule has 0 radical (unpaired) electrons. The maximum absolute atomic E-state index is 13.6.